The molecule has 2 amide bonds. The zero-order valence-electron chi connectivity index (χ0n) is 16.4. The number of benzene rings is 2. The highest BCUT2D eigenvalue weighted by Gasteiger charge is 2.21. The molecule has 0 spiro atoms. The highest BCUT2D eigenvalue weighted by Crippen LogP contribution is 2.25. The van der Waals surface area contributed by atoms with E-state index in [0.717, 1.165) is 5.56 Å². The molecule has 0 aliphatic heterocycles. The lowest BCUT2D eigenvalue weighted by atomic mass is 10.1. The normalized spacial score (nSPS) is 12.8. The van der Waals surface area contributed by atoms with Crippen LogP contribution in [0.3, 0.4) is 0 Å². The van der Waals surface area contributed by atoms with Gasteiger partial charge in [-0.2, -0.15) is 4.68 Å². The average molecular weight is 411 g/mol. The highest BCUT2D eigenvalue weighted by atomic mass is 32.2. The first-order valence-electron chi connectivity index (χ1n) is 9.12. The van der Waals surface area contributed by atoms with Gasteiger partial charge in [-0.3, -0.25) is 9.59 Å². The standard InChI is InChI=1S/C20H22N6O2S/c1-13(16-8-5-4-6-9-16)21-19(28)14(2)29-20-23-24-25-26(20)18-11-7-10-17(12-18)22-15(3)27/h4-14H,1-3H3,(H,21,28)(H,22,27). The third-order valence-corrected chi connectivity index (χ3v) is 5.19. The number of rotatable bonds is 7. The molecule has 3 aromatic rings. The fourth-order valence-corrected chi connectivity index (χ4v) is 3.52. The minimum atomic E-state index is -0.399. The molecule has 1 heterocycles. The molecular weight excluding hydrogens is 388 g/mol. The summed E-state index contributed by atoms with van der Waals surface area (Å²) >= 11 is 1.26. The number of hydrogen-bond donors (Lipinski definition) is 2. The highest BCUT2D eigenvalue weighted by molar-refractivity contribution is 8.00. The Morgan fingerprint density at radius 3 is 2.55 bits per heavy atom. The molecule has 2 unspecified atom stereocenters. The number of tetrazole rings is 1. The quantitative estimate of drug-likeness (QED) is 0.581. The van der Waals surface area contributed by atoms with Crippen molar-refractivity contribution in [3.63, 3.8) is 0 Å². The molecule has 0 aliphatic rings. The predicted molar refractivity (Wildman–Crippen MR) is 112 cm³/mol. The molecule has 0 saturated heterocycles. The lowest BCUT2D eigenvalue weighted by molar-refractivity contribution is -0.121. The summed E-state index contributed by atoms with van der Waals surface area (Å²) in [7, 11) is 0. The van der Waals surface area contributed by atoms with Crippen molar-refractivity contribution in [3.8, 4) is 5.69 Å². The van der Waals surface area contributed by atoms with Crippen molar-refractivity contribution in [3.05, 3.63) is 60.2 Å². The number of amides is 2. The molecule has 150 valence electrons. The van der Waals surface area contributed by atoms with Crippen LogP contribution in [0.2, 0.25) is 0 Å². The second-order valence-corrected chi connectivity index (χ2v) is 7.81. The van der Waals surface area contributed by atoms with Gasteiger partial charge in [0, 0.05) is 12.6 Å². The van der Waals surface area contributed by atoms with Gasteiger partial charge in [0.15, 0.2) is 0 Å². The zero-order valence-corrected chi connectivity index (χ0v) is 17.2. The summed E-state index contributed by atoms with van der Waals surface area (Å²) in [6.45, 7) is 5.20. The maximum atomic E-state index is 12.6. The van der Waals surface area contributed by atoms with Crippen LogP contribution in [0.4, 0.5) is 5.69 Å². The van der Waals surface area contributed by atoms with Crippen LogP contribution in [0.15, 0.2) is 59.8 Å². The third kappa shape index (κ3) is 5.41. The molecule has 0 aliphatic carbocycles. The van der Waals surface area contributed by atoms with Crippen LogP contribution >= 0.6 is 11.8 Å². The second-order valence-electron chi connectivity index (χ2n) is 6.51. The van der Waals surface area contributed by atoms with Crippen molar-refractivity contribution in [2.24, 2.45) is 0 Å². The number of aromatic nitrogens is 4. The van der Waals surface area contributed by atoms with Gasteiger partial charge >= 0.3 is 0 Å². The summed E-state index contributed by atoms with van der Waals surface area (Å²) in [6, 6.07) is 16.9. The fraction of sp³-hybridized carbons (Fsp3) is 0.250. The van der Waals surface area contributed by atoms with E-state index >= 15 is 0 Å². The number of nitrogens with zero attached hydrogens (tertiary/aromatic N) is 4. The molecule has 0 radical (unpaired) electrons. The molecule has 8 nitrogen and oxygen atoms in total. The van der Waals surface area contributed by atoms with Crippen LogP contribution in [-0.4, -0.2) is 37.3 Å². The first-order valence-corrected chi connectivity index (χ1v) is 10.0. The summed E-state index contributed by atoms with van der Waals surface area (Å²) in [5, 5.41) is 17.6. The molecule has 29 heavy (non-hydrogen) atoms. The number of thioether (sulfide) groups is 1. The Morgan fingerprint density at radius 2 is 1.83 bits per heavy atom. The minimum absolute atomic E-state index is 0.0999. The molecule has 3 rings (SSSR count). The number of anilines is 1. The smallest absolute Gasteiger partial charge is 0.233 e. The maximum Gasteiger partial charge on any atom is 0.233 e. The topological polar surface area (TPSA) is 102 Å². The molecule has 0 saturated carbocycles. The van der Waals surface area contributed by atoms with Crippen molar-refractivity contribution < 1.29 is 9.59 Å². The van der Waals surface area contributed by atoms with E-state index in [9.17, 15) is 9.59 Å². The van der Waals surface area contributed by atoms with Crippen LogP contribution < -0.4 is 10.6 Å². The Balaban J connectivity index is 1.69. The van der Waals surface area contributed by atoms with Crippen molar-refractivity contribution in [1.82, 2.24) is 25.5 Å². The van der Waals surface area contributed by atoms with E-state index in [1.807, 2.05) is 50.2 Å². The predicted octanol–water partition coefficient (Wildman–Crippen LogP) is 2.98. The number of nitrogens with one attached hydrogen (secondary N) is 2. The van der Waals surface area contributed by atoms with Crippen LogP contribution in [0, 0.1) is 0 Å². The molecule has 2 atom stereocenters. The first kappa shape index (κ1) is 20.5. The minimum Gasteiger partial charge on any atom is -0.349 e. The van der Waals surface area contributed by atoms with Crippen LogP contribution in [0.25, 0.3) is 5.69 Å². The van der Waals surface area contributed by atoms with Crippen molar-refractivity contribution >= 4 is 29.3 Å². The maximum absolute atomic E-state index is 12.6. The first-order chi connectivity index (χ1) is 13.9. The molecule has 0 fully saturated rings. The van der Waals surface area contributed by atoms with Crippen molar-refractivity contribution in [2.75, 3.05) is 5.32 Å². The summed E-state index contributed by atoms with van der Waals surface area (Å²) in [6.07, 6.45) is 0. The van der Waals surface area contributed by atoms with Gasteiger partial charge in [-0.1, -0.05) is 48.2 Å². The molecule has 2 aromatic carbocycles. The summed E-state index contributed by atoms with van der Waals surface area (Å²) in [5.74, 6) is -0.265. The molecular formula is C20H22N6O2S. The van der Waals surface area contributed by atoms with E-state index in [4.69, 9.17) is 0 Å². The lowest BCUT2D eigenvalue weighted by Gasteiger charge is -2.17. The zero-order chi connectivity index (χ0) is 20.8. The van der Waals surface area contributed by atoms with E-state index < -0.39 is 5.25 Å². The summed E-state index contributed by atoms with van der Waals surface area (Å²) < 4.78 is 1.54. The van der Waals surface area contributed by atoms with Crippen LogP contribution in [-0.2, 0) is 9.59 Å². The Labute approximate surface area is 173 Å². The van der Waals surface area contributed by atoms with Crippen LogP contribution in [0.5, 0.6) is 0 Å². The number of carbonyl (C=O) groups is 2. The Hall–Kier alpha value is -3.20. The largest absolute Gasteiger partial charge is 0.349 e. The molecule has 2 N–H and O–H groups in total. The van der Waals surface area contributed by atoms with Crippen molar-refractivity contribution in [1.29, 1.82) is 0 Å². The number of carbonyl (C=O) groups excluding carboxylic acids is 2. The molecule has 0 bridgehead atoms. The Kier molecular flexibility index (Phi) is 6.61. The van der Waals surface area contributed by atoms with E-state index in [1.165, 1.54) is 18.7 Å². The van der Waals surface area contributed by atoms with Gasteiger partial charge in [-0.15, -0.1) is 5.10 Å². The third-order valence-electron chi connectivity index (χ3n) is 4.16. The summed E-state index contributed by atoms with van der Waals surface area (Å²) in [4.78, 5) is 23.9. The van der Waals surface area contributed by atoms with Gasteiger partial charge in [-0.25, -0.2) is 0 Å². The fourth-order valence-electron chi connectivity index (χ4n) is 2.70. The van der Waals surface area contributed by atoms with E-state index in [1.54, 1.807) is 22.9 Å². The van der Waals surface area contributed by atoms with Gasteiger partial charge in [0.1, 0.15) is 0 Å². The molecule has 9 heteroatoms. The van der Waals surface area contributed by atoms with E-state index in [0.29, 0.717) is 16.5 Å². The van der Waals surface area contributed by atoms with Gasteiger partial charge in [0.2, 0.25) is 17.0 Å². The summed E-state index contributed by atoms with van der Waals surface area (Å²) in [5.41, 5.74) is 2.37. The SMILES string of the molecule is CC(=O)Nc1cccc(-n2nnnc2SC(C)C(=O)NC(C)c2ccccc2)c1. The van der Waals surface area contributed by atoms with Gasteiger partial charge in [-0.05, 0) is 48.0 Å². The molecule has 1 aromatic heterocycles. The van der Waals surface area contributed by atoms with E-state index in [2.05, 4.69) is 26.2 Å². The Bertz CT molecular complexity index is 991. The average Bonchev–Trinajstić information content (AvgIpc) is 3.16. The Morgan fingerprint density at radius 1 is 1.07 bits per heavy atom. The van der Waals surface area contributed by atoms with Gasteiger partial charge in [0.25, 0.3) is 0 Å². The van der Waals surface area contributed by atoms with Crippen LogP contribution in [0.1, 0.15) is 32.4 Å². The number of hydrogen-bond acceptors (Lipinski definition) is 6. The van der Waals surface area contributed by atoms with Crippen molar-refractivity contribution in [2.45, 2.75) is 37.2 Å². The monoisotopic (exact) mass is 410 g/mol. The van der Waals surface area contributed by atoms with Gasteiger partial charge < -0.3 is 10.6 Å². The van der Waals surface area contributed by atoms with Gasteiger partial charge in [0.05, 0.1) is 17.0 Å². The van der Waals surface area contributed by atoms with E-state index in [-0.39, 0.29) is 17.9 Å². The lowest BCUT2D eigenvalue weighted by Crippen LogP contribution is -2.33. The second kappa shape index (κ2) is 9.33.